The summed E-state index contributed by atoms with van der Waals surface area (Å²) in [6.45, 7) is 4.53. The number of benzene rings is 2. The molecular formula is C24H24N2O3S2. The molecule has 0 N–H and O–H groups in total. The highest BCUT2D eigenvalue weighted by molar-refractivity contribution is 7.99. The van der Waals surface area contributed by atoms with E-state index in [-0.39, 0.29) is 5.91 Å². The van der Waals surface area contributed by atoms with Crippen LogP contribution >= 0.6 is 23.1 Å². The van der Waals surface area contributed by atoms with E-state index < -0.39 is 0 Å². The van der Waals surface area contributed by atoms with Crippen molar-refractivity contribution in [3.8, 4) is 5.75 Å². The van der Waals surface area contributed by atoms with Crippen LogP contribution < -0.4 is 9.64 Å². The van der Waals surface area contributed by atoms with Crippen molar-refractivity contribution in [3.05, 3.63) is 71.7 Å². The number of methoxy groups -OCH3 is 1. The summed E-state index contributed by atoms with van der Waals surface area (Å²) in [6.07, 6.45) is 2.04. The van der Waals surface area contributed by atoms with E-state index in [1.807, 2.05) is 36.4 Å². The lowest BCUT2D eigenvalue weighted by Gasteiger charge is -2.18. The van der Waals surface area contributed by atoms with E-state index in [1.54, 1.807) is 41.4 Å². The number of furan rings is 1. The molecule has 5 nitrogen and oxygen atoms in total. The van der Waals surface area contributed by atoms with E-state index in [0.29, 0.717) is 23.8 Å². The fraction of sp³-hybridized carbons (Fsp3) is 0.250. The quantitative estimate of drug-likeness (QED) is 0.297. The van der Waals surface area contributed by atoms with Crippen molar-refractivity contribution in [2.24, 2.45) is 0 Å². The summed E-state index contributed by atoms with van der Waals surface area (Å²) in [5.74, 6) is 2.28. The summed E-state index contributed by atoms with van der Waals surface area (Å²) in [6, 6.07) is 15.8. The second kappa shape index (κ2) is 9.58. The van der Waals surface area contributed by atoms with Gasteiger partial charge in [-0.25, -0.2) is 4.98 Å². The first-order valence-corrected chi connectivity index (χ1v) is 11.8. The molecule has 4 aromatic rings. The fourth-order valence-corrected chi connectivity index (χ4v) is 5.10. The van der Waals surface area contributed by atoms with E-state index >= 15 is 0 Å². The van der Waals surface area contributed by atoms with Gasteiger partial charge in [-0.15, -0.1) is 11.8 Å². The topological polar surface area (TPSA) is 55.6 Å². The van der Waals surface area contributed by atoms with Crippen LogP contribution in [0, 0.1) is 13.8 Å². The maximum atomic E-state index is 13.2. The average molecular weight is 453 g/mol. The van der Waals surface area contributed by atoms with Crippen molar-refractivity contribution in [2.75, 3.05) is 17.8 Å². The monoisotopic (exact) mass is 452 g/mol. The highest BCUT2D eigenvalue weighted by Crippen LogP contribution is 2.33. The smallest absolute Gasteiger partial charge is 0.230 e. The van der Waals surface area contributed by atoms with Crippen molar-refractivity contribution in [2.45, 2.75) is 31.7 Å². The number of anilines is 1. The summed E-state index contributed by atoms with van der Waals surface area (Å²) in [4.78, 5) is 20.9. The first kappa shape index (κ1) is 21.5. The molecule has 0 spiro atoms. The Balaban J connectivity index is 1.51. The molecule has 0 atom stereocenters. The van der Waals surface area contributed by atoms with Gasteiger partial charge in [-0.1, -0.05) is 17.4 Å². The van der Waals surface area contributed by atoms with Crippen LogP contribution in [0.3, 0.4) is 0 Å². The van der Waals surface area contributed by atoms with Gasteiger partial charge >= 0.3 is 0 Å². The third-order valence-electron chi connectivity index (χ3n) is 5.14. The van der Waals surface area contributed by atoms with Crippen LogP contribution in [0.5, 0.6) is 5.75 Å². The SMILES string of the molecule is COc1ccc(SCCC(=O)N(Cc2ccco2)c2nc3c(C)c(C)ccc3s2)cc1. The summed E-state index contributed by atoms with van der Waals surface area (Å²) in [5.41, 5.74) is 3.31. The van der Waals surface area contributed by atoms with Crippen LogP contribution in [0.1, 0.15) is 23.3 Å². The number of rotatable bonds is 8. The van der Waals surface area contributed by atoms with Crippen molar-refractivity contribution in [1.82, 2.24) is 4.98 Å². The van der Waals surface area contributed by atoms with Gasteiger partial charge in [0.05, 0.1) is 30.1 Å². The number of nitrogens with zero attached hydrogens (tertiary/aromatic N) is 2. The zero-order chi connectivity index (χ0) is 21.8. The fourth-order valence-electron chi connectivity index (χ4n) is 3.21. The predicted octanol–water partition coefficient (Wildman–Crippen LogP) is 6.23. The van der Waals surface area contributed by atoms with Gasteiger partial charge in [0.1, 0.15) is 11.5 Å². The largest absolute Gasteiger partial charge is 0.497 e. The maximum Gasteiger partial charge on any atom is 0.230 e. The predicted molar refractivity (Wildman–Crippen MR) is 127 cm³/mol. The zero-order valence-corrected chi connectivity index (χ0v) is 19.4. The van der Waals surface area contributed by atoms with Gasteiger partial charge < -0.3 is 9.15 Å². The molecule has 7 heteroatoms. The van der Waals surface area contributed by atoms with Gasteiger partial charge in [0.25, 0.3) is 0 Å². The Morgan fingerprint density at radius 1 is 1.16 bits per heavy atom. The van der Waals surface area contributed by atoms with Gasteiger partial charge in [-0.2, -0.15) is 0 Å². The molecule has 0 saturated heterocycles. The number of ether oxygens (including phenoxy) is 1. The summed E-state index contributed by atoms with van der Waals surface area (Å²) in [5, 5.41) is 0.708. The molecule has 0 fully saturated rings. The van der Waals surface area contributed by atoms with Crippen LogP contribution in [0.15, 0.2) is 64.1 Å². The molecule has 0 bridgehead atoms. The van der Waals surface area contributed by atoms with Gasteiger partial charge in [0.15, 0.2) is 5.13 Å². The molecule has 2 heterocycles. The molecule has 0 radical (unpaired) electrons. The number of hydrogen-bond donors (Lipinski definition) is 0. The molecule has 0 aliphatic carbocycles. The molecule has 0 aliphatic heterocycles. The Labute approximate surface area is 190 Å². The molecule has 0 aliphatic rings. The van der Waals surface area contributed by atoms with Crippen molar-refractivity contribution in [1.29, 1.82) is 0 Å². The Bertz CT molecular complexity index is 1170. The Morgan fingerprint density at radius 2 is 1.97 bits per heavy atom. The number of fused-ring (bicyclic) bond motifs is 1. The van der Waals surface area contributed by atoms with E-state index in [2.05, 4.69) is 26.0 Å². The number of carbonyl (C=O) groups is 1. The molecule has 4 rings (SSSR count). The second-order valence-corrected chi connectivity index (χ2v) is 9.36. The molecule has 160 valence electrons. The first-order chi connectivity index (χ1) is 15.0. The standard InChI is InChI=1S/C24H24N2O3S2/c1-16-6-11-21-23(17(16)2)25-24(31-21)26(15-19-5-4-13-29-19)22(27)12-14-30-20-9-7-18(28-3)8-10-20/h4-11,13H,12,14-15H2,1-3H3. The summed E-state index contributed by atoms with van der Waals surface area (Å²) in [7, 11) is 1.65. The van der Waals surface area contributed by atoms with Crippen LogP contribution in [0.25, 0.3) is 10.2 Å². The molecule has 2 aromatic carbocycles. The number of aromatic nitrogens is 1. The van der Waals surface area contributed by atoms with E-state index in [0.717, 1.165) is 32.2 Å². The van der Waals surface area contributed by atoms with Crippen molar-refractivity contribution >= 4 is 44.4 Å². The lowest BCUT2D eigenvalue weighted by Crippen LogP contribution is -2.30. The molecule has 0 saturated carbocycles. The Kier molecular flexibility index (Phi) is 6.63. The van der Waals surface area contributed by atoms with Gasteiger partial charge in [0.2, 0.25) is 5.91 Å². The van der Waals surface area contributed by atoms with E-state index in [1.165, 1.54) is 5.56 Å². The van der Waals surface area contributed by atoms with Gasteiger partial charge in [-0.05, 0) is 67.4 Å². The number of amides is 1. The van der Waals surface area contributed by atoms with Crippen LogP contribution in [-0.2, 0) is 11.3 Å². The van der Waals surface area contributed by atoms with Crippen LogP contribution in [-0.4, -0.2) is 23.8 Å². The number of thioether (sulfide) groups is 1. The summed E-state index contributed by atoms with van der Waals surface area (Å²) < 4.78 is 11.8. The van der Waals surface area contributed by atoms with Crippen molar-refractivity contribution in [3.63, 3.8) is 0 Å². The molecule has 1 amide bonds. The second-order valence-electron chi connectivity index (χ2n) is 7.18. The van der Waals surface area contributed by atoms with Crippen LogP contribution in [0.2, 0.25) is 0 Å². The Hall–Kier alpha value is -2.77. The highest BCUT2D eigenvalue weighted by atomic mass is 32.2. The normalized spacial score (nSPS) is 11.1. The van der Waals surface area contributed by atoms with Crippen molar-refractivity contribution < 1.29 is 13.9 Å². The lowest BCUT2D eigenvalue weighted by atomic mass is 10.1. The molecule has 31 heavy (non-hydrogen) atoms. The lowest BCUT2D eigenvalue weighted by molar-refractivity contribution is -0.118. The van der Waals surface area contributed by atoms with E-state index in [9.17, 15) is 4.79 Å². The minimum absolute atomic E-state index is 0.0332. The minimum atomic E-state index is 0.0332. The Morgan fingerprint density at radius 3 is 2.68 bits per heavy atom. The molecule has 0 unspecified atom stereocenters. The number of carbonyl (C=O) groups excluding carboxylic acids is 1. The van der Waals surface area contributed by atoms with Crippen LogP contribution in [0.4, 0.5) is 5.13 Å². The minimum Gasteiger partial charge on any atom is -0.497 e. The molecular weight excluding hydrogens is 428 g/mol. The van der Waals surface area contributed by atoms with E-state index in [4.69, 9.17) is 14.1 Å². The number of aryl methyl sites for hydroxylation is 2. The molecule has 2 aromatic heterocycles. The third kappa shape index (κ3) is 4.94. The van der Waals surface area contributed by atoms with Gasteiger partial charge in [-0.3, -0.25) is 9.69 Å². The number of thiazole rings is 1. The summed E-state index contributed by atoms with van der Waals surface area (Å²) >= 11 is 3.20. The zero-order valence-electron chi connectivity index (χ0n) is 17.8. The average Bonchev–Trinajstić information content (AvgIpc) is 3.45. The van der Waals surface area contributed by atoms with Gasteiger partial charge in [0, 0.05) is 17.1 Å². The highest BCUT2D eigenvalue weighted by Gasteiger charge is 2.22. The first-order valence-electron chi connectivity index (χ1n) is 10.0. The third-order valence-corrected chi connectivity index (χ3v) is 7.20. The maximum absolute atomic E-state index is 13.2. The number of hydrogen-bond acceptors (Lipinski definition) is 6.